The van der Waals surface area contributed by atoms with Gasteiger partial charge in [-0.25, -0.2) is 0 Å². The van der Waals surface area contributed by atoms with Crippen LogP contribution < -0.4 is 10.1 Å². The molecule has 0 aromatic heterocycles. The average Bonchev–Trinajstić information content (AvgIpc) is 2.59. The van der Waals surface area contributed by atoms with Crippen LogP contribution in [0.3, 0.4) is 0 Å². The maximum atomic E-state index is 9.67. The van der Waals surface area contributed by atoms with Gasteiger partial charge in [0.2, 0.25) is 0 Å². The van der Waals surface area contributed by atoms with Crippen molar-refractivity contribution in [3.8, 4) is 5.75 Å². The monoisotopic (exact) mass is 377 g/mol. The second-order valence-electron chi connectivity index (χ2n) is 5.62. The van der Waals surface area contributed by atoms with E-state index in [4.69, 9.17) is 9.47 Å². The fraction of sp³-hybridized carbons (Fsp3) is 0.333. The van der Waals surface area contributed by atoms with Crippen LogP contribution >= 0.6 is 15.9 Å². The van der Waals surface area contributed by atoms with Crippen molar-refractivity contribution in [1.29, 1.82) is 0 Å². The molecular weight excluding hydrogens is 358 g/mol. The number of fused-ring (bicyclic) bond motifs is 1. The Hall–Kier alpha value is -1.56. The third kappa shape index (κ3) is 4.25. The molecule has 3 rings (SSSR count). The Bertz CT molecular complexity index is 635. The number of hydrogen-bond donors (Lipinski definition) is 2. The number of nitrogens with one attached hydrogen (secondary N) is 1. The molecule has 0 radical (unpaired) electrons. The van der Waals surface area contributed by atoms with Gasteiger partial charge < -0.3 is 19.9 Å². The van der Waals surface area contributed by atoms with Gasteiger partial charge in [-0.1, -0.05) is 46.3 Å². The summed E-state index contributed by atoms with van der Waals surface area (Å²) in [5, 5.41) is 13.0. The lowest BCUT2D eigenvalue weighted by molar-refractivity contribution is 0.00880. The summed E-state index contributed by atoms with van der Waals surface area (Å²) in [5.74, 6) is 0.744. The molecule has 23 heavy (non-hydrogen) atoms. The van der Waals surface area contributed by atoms with Crippen molar-refractivity contribution in [2.45, 2.75) is 12.7 Å². The van der Waals surface area contributed by atoms with Crippen LogP contribution in [0.4, 0.5) is 5.69 Å². The van der Waals surface area contributed by atoms with Crippen molar-refractivity contribution in [3.63, 3.8) is 0 Å². The zero-order chi connectivity index (χ0) is 16.1. The van der Waals surface area contributed by atoms with E-state index in [0.717, 1.165) is 21.5 Å². The van der Waals surface area contributed by atoms with E-state index in [9.17, 15) is 5.11 Å². The van der Waals surface area contributed by atoms with E-state index in [1.54, 1.807) is 0 Å². The van der Waals surface area contributed by atoms with Crippen molar-refractivity contribution in [3.05, 3.63) is 58.6 Å². The van der Waals surface area contributed by atoms with Crippen LogP contribution in [-0.2, 0) is 11.3 Å². The molecule has 0 bridgehead atoms. The van der Waals surface area contributed by atoms with E-state index in [2.05, 4.69) is 21.2 Å². The van der Waals surface area contributed by atoms with Gasteiger partial charge in [-0.3, -0.25) is 0 Å². The number of halogens is 1. The van der Waals surface area contributed by atoms with E-state index in [1.165, 1.54) is 0 Å². The van der Waals surface area contributed by atoms with Gasteiger partial charge >= 0.3 is 0 Å². The van der Waals surface area contributed by atoms with Crippen molar-refractivity contribution >= 4 is 21.6 Å². The Kier molecular flexibility index (Phi) is 5.54. The van der Waals surface area contributed by atoms with Crippen LogP contribution in [0.1, 0.15) is 5.56 Å². The molecule has 2 aromatic carbocycles. The second-order valence-corrected chi connectivity index (χ2v) is 6.54. The Morgan fingerprint density at radius 3 is 2.87 bits per heavy atom. The SMILES string of the molecule is OCC(COCc1ccccc1)[C@H]1CNc2cc(Br)ccc2O1. The van der Waals surface area contributed by atoms with Crippen LogP contribution in [-0.4, -0.2) is 31.0 Å². The molecule has 2 aromatic rings. The molecule has 1 unspecified atom stereocenters. The number of ether oxygens (including phenoxy) is 2. The summed E-state index contributed by atoms with van der Waals surface area (Å²) in [5.41, 5.74) is 2.10. The summed E-state index contributed by atoms with van der Waals surface area (Å²) in [6.45, 7) is 1.70. The van der Waals surface area contributed by atoms with Crippen LogP contribution in [0.25, 0.3) is 0 Å². The quantitative estimate of drug-likeness (QED) is 0.809. The number of rotatable bonds is 6. The highest BCUT2D eigenvalue weighted by molar-refractivity contribution is 9.10. The summed E-state index contributed by atoms with van der Waals surface area (Å²) in [6.07, 6.45) is -0.107. The molecule has 0 spiro atoms. The minimum Gasteiger partial charge on any atom is -0.486 e. The van der Waals surface area contributed by atoms with E-state index < -0.39 is 0 Å². The molecule has 4 nitrogen and oxygen atoms in total. The number of hydrogen-bond acceptors (Lipinski definition) is 4. The van der Waals surface area contributed by atoms with Crippen molar-refractivity contribution in [2.24, 2.45) is 5.92 Å². The van der Waals surface area contributed by atoms with Gasteiger partial charge in [-0.05, 0) is 23.8 Å². The fourth-order valence-electron chi connectivity index (χ4n) is 2.60. The molecule has 0 aliphatic carbocycles. The molecule has 5 heteroatoms. The number of aliphatic hydroxyl groups excluding tert-OH is 1. The maximum Gasteiger partial charge on any atom is 0.143 e. The lowest BCUT2D eigenvalue weighted by Crippen LogP contribution is -2.41. The van der Waals surface area contributed by atoms with Gasteiger partial charge in [0.05, 0.1) is 32.1 Å². The average molecular weight is 378 g/mol. The van der Waals surface area contributed by atoms with E-state index >= 15 is 0 Å². The zero-order valence-corrected chi connectivity index (χ0v) is 14.3. The second kappa shape index (κ2) is 7.81. The Morgan fingerprint density at radius 2 is 2.09 bits per heavy atom. The highest BCUT2D eigenvalue weighted by Crippen LogP contribution is 2.33. The molecule has 2 atom stereocenters. The van der Waals surface area contributed by atoms with Crippen LogP contribution in [0, 0.1) is 5.92 Å². The predicted octanol–water partition coefficient (Wildman–Crippen LogP) is 3.45. The summed E-state index contributed by atoms with van der Waals surface area (Å²) in [7, 11) is 0. The smallest absolute Gasteiger partial charge is 0.143 e. The third-order valence-electron chi connectivity index (χ3n) is 3.92. The molecule has 1 heterocycles. The standard InChI is InChI=1S/C18H20BrNO3/c19-15-6-7-17-16(8-15)20-9-18(23-17)14(10-21)12-22-11-13-4-2-1-3-5-13/h1-8,14,18,20-21H,9-12H2/t14?,18-/m1/s1. The van der Waals surface area contributed by atoms with Gasteiger partial charge in [-0.2, -0.15) is 0 Å². The molecule has 0 saturated heterocycles. The first-order chi connectivity index (χ1) is 11.3. The van der Waals surface area contributed by atoms with Gasteiger partial charge in [0.15, 0.2) is 0 Å². The van der Waals surface area contributed by atoms with Gasteiger partial charge in [0, 0.05) is 10.4 Å². The largest absolute Gasteiger partial charge is 0.486 e. The molecule has 122 valence electrons. The van der Waals surface area contributed by atoms with E-state index in [-0.39, 0.29) is 18.6 Å². The van der Waals surface area contributed by atoms with Crippen molar-refractivity contribution in [1.82, 2.24) is 0 Å². The van der Waals surface area contributed by atoms with E-state index in [1.807, 2.05) is 48.5 Å². The van der Waals surface area contributed by atoms with Crippen LogP contribution in [0.5, 0.6) is 5.75 Å². The molecule has 0 fully saturated rings. The number of benzene rings is 2. The van der Waals surface area contributed by atoms with Gasteiger partial charge in [-0.15, -0.1) is 0 Å². The molecule has 1 aliphatic rings. The van der Waals surface area contributed by atoms with Crippen molar-refractivity contribution < 1.29 is 14.6 Å². The Labute approximate surface area is 144 Å². The third-order valence-corrected chi connectivity index (χ3v) is 4.41. The first kappa shape index (κ1) is 16.3. The number of aliphatic hydroxyl groups is 1. The van der Waals surface area contributed by atoms with Crippen LogP contribution in [0.2, 0.25) is 0 Å². The minimum absolute atomic E-state index is 0.0347. The fourth-order valence-corrected chi connectivity index (χ4v) is 2.96. The summed E-state index contributed by atoms with van der Waals surface area (Å²) < 4.78 is 12.8. The highest BCUT2D eigenvalue weighted by Gasteiger charge is 2.27. The maximum absolute atomic E-state index is 9.67. The summed E-state index contributed by atoms with van der Waals surface area (Å²) in [4.78, 5) is 0. The predicted molar refractivity (Wildman–Crippen MR) is 93.7 cm³/mol. The highest BCUT2D eigenvalue weighted by atomic mass is 79.9. The minimum atomic E-state index is -0.107. The molecular formula is C18H20BrNO3. The zero-order valence-electron chi connectivity index (χ0n) is 12.7. The Morgan fingerprint density at radius 1 is 1.26 bits per heavy atom. The van der Waals surface area contributed by atoms with Gasteiger partial charge in [0.25, 0.3) is 0 Å². The lowest BCUT2D eigenvalue weighted by atomic mass is 10.0. The topological polar surface area (TPSA) is 50.7 Å². The normalized spacial score (nSPS) is 17.7. The number of anilines is 1. The summed E-state index contributed by atoms with van der Waals surface area (Å²) in [6, 6.07) is 15.9. The van der Waals surface area contributed by atoms with Gasteiger partial charge in [0.1, 0.15) is 11.9 Å². The first-order valence-corrected chi connectivity index (χ1v) is 8.48. The summed E-state index contributed by atoms with van der Waals surface area (Å²) >= 11 is 3.45. The molecule has 2 N–H and O–H groups in total. The van der Waals surface area contributed by atoms with Crippen molar-refractivity contribution in [2.75, 3.05) is 25.1 Å². The Balaban J connectivity index is 1.55. The molecule has 0 amide bonds. The van der Waals surface area contributed by atoms with Crippen LogP contribution in [0.15, 0.2) is 53.0 Å². The lowest BCUT2D eigenvalue weighted by Gasteiger charge is -2.32. The van der Waals surface area contributed by atoms with E-state index in [0.29, 0.717) is 19.8 Å². The first-order valence-electron chi connectivity index (χ1n) is 7.69. The molecule has 0 saturated carbocycles. The molecule has 1 aliphatic heterocycles.